The van der Waals surface area contributed by atoms with Crippen molar-refractivity contribution in [2.75, 3.05) is 12.3 Å². The fourth-order valence-electron chi connectivity index (χ4n) is 5.35. The second kappa shape index (κ2) is 9.02. The molecule has 0 aliphatic carbocycles. The topological polar surface area (TPSA) is 90.4 Å². The van der Waals surface area contributed by atoms with E-state index >= 15 is 4.39 Å². The minimum Gasteiger partial charge on any atom is -0.381 e. The Labute approximate surface area is 237 Å². The second-order valence-electron chi connectivity index (χ2n) is 11.1. The fraction of sp³-hybridized carbons (Fsp3) is 0.357. The van der Waals surface area contributed by atoms with Gasteiger partial charge in [0.1, 0.15) is 5.60 Å². The summed E-state index contributed by atoms with van der Waals surface area (Å²) in [5, 5.41) is 1.09. The Kier molecular flexibility index (Phi) is 6.18. The van der Waals surface area contributed by atoms with Crippen molar-refractivity contribution in [1.29, 1.82) is 0 Å². The monoisotopic (exact) mass is 587 g/mol. The molecular formula is C28H29ClFN4O3S2+. The molecule has 39 heavy (non-hydrogen) atoms. The summed E-state index contributed by atoms with van der Waals surface area (Å²) < 4.78 is 47.9. The van der Waals surface area contributed by atoms with Crippen LogP contribution in [0.3, 0.4) is 0 Å². The van der Waals surface area contributed by atoms with Crippen LogP contribution in [0.15, 0.2) is 48.8 Å². The average Bonchev–Trinajstić information content (AvgIpc) is 3.45. The predicted octanol–water partition coefficient (Wildman–Crippen LogP) is 5.67. The number of aromatic nitrogens is 2. The highest BCUT2D eigenvalue weighted by molar-refractivity contribution is 7.83. The summed E-state index contributed by atoms with van der Waals surface area (Å²) >= 11 is 7.96. The number of benzene rings is 1. The van der Waals surface area contributed by atoms with Crippen LogP contribution >= 0.6 is 22.9 Å². The van der Waals surface area contributed by atoms with Gasteiger partial charge in [-0.3, -0.25) is 0 Å². The molecule has 2 bridgehead atoms. The summed E-state index contributed by atoms with van der Waals surface area (Å²) in [6.45, 7) is 10.0. The molecule has 3 N–H and O–H groups in total. The minimum absolute atomic E-state index is 0.108. The van der Waals surface area contributed by atoms with Gasteiger partial charge in [0.2, 0.25) is 10.6 Å². The van der Waals surface area contributed by atoms with Crippen molar-refractivity contribution in [2.45, 2.75) is 56.9 Å². The molecule has 2 aliphatic heterocycles. The van der Waals surface area contributed by atoms with Gasteiger partial charge < -0.3 is 15.2 Å². The summed E-state index contributed by atoms with van der Waals surface area (Å²) in [7, 11) is -1.71. The molecule has 2 aliphatic rings. The molecule has 4 aromatic rings. The molecule has 204 valence electrons. The molecule has 1 saturated heterocycles. The molecule has 0 amide bonds. The zero-order valence-electron chi connectivity index (χ0n) is 22.2. The van der Waals surface area contributed by atoms with E-state index in [-0.39, 0.29) is 16.4 Å². The summed E-state index contributed by atoms with van der Waals surface area (Å²) in [5.74, 6) is -1.68. The molecule has 7 nitrogen and oxygen atoms in total. The van der Waals surface area contributed by atoms with Crippen molar-refractivity contribution in [2.24, 2.45) is 0 Å². The molecule has 1 aromatic carbocycles. The molecule has 0 saturated carbocycles. The average molecular weight is 588 g/mol. The van der Waals surface area contributed by atoms with Crippen LogP contribution in [0.5, 0.6) is 0 Å². The van der Waals surface area contributed by atoms with Gasteiger partial charge in [0.15, 0.2) is 34.6 Å². The minimum atomic E-state index is -1.71. The molecule has 0 radical (unpaired) electrons. The molecule has 3 aromatic heterocycles. The first-order chi connectivity index (χ1) is 18.3. The molecule has 5 heterocycles. The molecule has 11 heteroatoms. The van der Waals surface area contributed by atoms with Gasteiger partial charge in [0.05, 0.1) is 23.2 Å². The number of rotatable bonds is 2. The smallest absolute Gasteiger partial charge is 0.250 e. The van der Waals surface area contributed by atoms with Gasteiger partial charge in [-0.15, -0.1) is 11.3 Å². The van der Waals surface area contributed by atoms with Gasteiger partial charge in [0.25, 0.3) is 0 Å². The summed E-state index contributed by atoms with van der Waals surface area (Å²) in [5.41, 5.74) is 8.11. The number of nitrogen functional groups attached to an aromatic ring is 1. The van der Waals surface area contributed by atoms with Gasteiger partial charge in [-0.2, -0.15) is 4.57 Å². The van der Waals surface area contributed by atoms with E-state index in [9.17, 15) is 4.21 Å². The van der Waals surface area contributed by atoms with Crippen molar-refractivity contribution >= 4 is 49.8 Å². The molecule has 0 spiro atoms. The van der Waals surface area contributed by atoms with Gasteiger partial charge in [0, 0.05) is 47.3 Å². The van der Waals surface area contributed by atoms with E-state index in [0.29, 0.717) is 6.61 Å². The third-order valence-electron chi connectivity index (χ3n) is 7.44. The summed E-state index contributed by atoms with van der Waals surface area (Å²) in [6, 6.07) is 11.3. The Hall–Kier alpha value is -2.47. The van der Waals surface area contributed by atoms with Crippen molar-refractivity contribution in [3.05, 3.63) is 75.6 Å². The highest BCUT2D eigenvalue weighted by Crippen LogP contribution is 2.44. The van der Waals surface area contributed by atoms with Crippen LogP contribution in [0.25, 0.3) is 21.3 Å². The molecule has 6 rings (SSSR count). The third-order valence-corrected chi connectivity index (χ3v) is 10.5. The van der Waals surface area contributed by atoms with E-state index in [1.807, 2.05) is 69.6 Å². The molecule has 1 fully saturated rings. The van der Waals surface area contributed by atoms with Crippen LogP contribution in [0, 0.1) is 5.82 Å². The number of nitrogens with one attached hydrogen (secondary N) is 1. The van der Waals surface area contributed by atoms with Crippen LogP contribution in [-0.4, -0.2) is 21.6 Å². The number of ether oxygens (including phenoxy) is 2. The van der Waals surface area contributed by atoms with E-state index in [4.69, 9.17) is 26.8 Å². The van der Waals surface area contributed by atoms with E-state index in [1.165, 1.54) is 17.5 Å². The van der Waals surface area contributed by atoms with Crippen LogP contribution in [0.1, 0.15) is 56.7 Å². The van der Waals surface area contributed by atoms with Crippen molar-refractivity contribution in [3.63, 3.8) is 0 Å². The van der Waals surface area contributed by atoms with Crippen LogP contribution in [0.4, 0.5) is 10.2 Å². The molecule has 3 atom stereocenters. The lowest BCUT2D eigenvalue weighted by atomic mass is 9.95. The van der Waals surface area contributed by atoms with Crippen molar-refractivity contribution in [3.8, 4) is 11.3 Å². The number of nitrogens with two attached hydrogens (primary N) is 1. The Bertz CT molecular complexity index is 1670. The quantitative estimate of drug-likeness (QED) is 0.295. The number of anilines is 1. The number of fused-ring (bicyclic) bond motifs is 3. The highest BCUT2D eigenvalue weighted by atomic mass is 35.5. The largest absolute Gasteiger partial charge is 0.381 e. The zero-order chi connectivity index (χ0) is 27.9. The van der Waals surface area contributed by atoms with Gasteiger partial charge in [-0.25, -0.2) is 18.3 Å². The van der Waals surface area contributed by atoms with Gasteiger partial charge >= 0.3 is 0 Å². The number of nitrogens with zero attached hydrogens (tertiary/aromatic N) is 2. The summed E-state index contributed by atoms with van der Waals surface area (Å²) in [6.07, 6.45) is 3.26. The normalized spacial score (nSPS) is 25.6. The first-order valence-corrected chi connectivity index (χ1v) is 14.9. The zero-order valence-corrected chi connectivity index (χ0v) is 24.6. The highest BCUT2D eigenvalue weighted by Gasteiger charge is 2.46. The van der Waals surface area contributed by atoms with E-state index in [0.717, 1.165) is 31.8 Å². The first kappa shape index (κ1) is 26.7. The molecule has 3 unspecified atom stereocenters. The lowest BCUT2D eigenvalue weighted by Gasteiger charge is -2.28. The van der Waals surface area contributed by atoms with E-state index in [1.54, 1.807) is 0 Å². The maximum absolute atomic E-state index is 15.4. The number of halogens is 2. The standard InChI is InChI=1S/C28H29ClFN4O3S2/c1-26(2)34-10-9-16(28(5)14-36-27(3,4)37-28)12-19(34)17-8-6-7-15-11-20(38-24(15)17)23(33-39(26)35)21-18(29)13-32-25(31)22(21)30/h6-13,23,33H,14H2,1-5H3,(H2,31,32)/q+1. The van der Waals surface area contributed by atoms with Crippen molar-refractivity contribution < 1.29 is 22.6 Å². The van der Waals surface area contributed by atoms with Gasteiger partial charge in [-0.1, -0.05) is 23.7 Å². The van der Waals surface area contributed by atoms with Gasteiger partial charge in [-0.05, 0) is 43.9 Å². The SMILES string of the molecule is CC1(C)OCC(C)(c2cc[n+]3c(c2)-c2cccc4cc(sc24)C(c2c(Cl)cnc(N)c2F)NS(=O)C3(C)C)O1. The Morgan fingerprint density at radius 1 is 1.23 bits per heavy atom. The van der Waals surface area contributed by atoms with Crippen molar-refractivity contribution in [1.82, 2.24) is 9.71 Å². The Balaban J connectivity index is 1.61. The number of hydrogen-bond donors (Lipinski definition) is 2. The first-order valence-electron chi connectivity index (χ1n) is 12.5. The lowest BCUT2D eigenvalue weighted by molar-refractivity contribution is -0.722. The van der Waals surface area contributed by atoms with E-state index < -0.39 is 39.1 Å². The maximum Gasteiger partial charge on any atom is 0.250 e. The maximum atomic E-state index is 15.4. The Morgan fingerprint density at radius 3 is 2.72 bits per heavy atom. The van der Waals surface area contributed by atoms with Crippen LogP contribution in [0.2, 0.25) is 5.02 Å². The second-order valence-corrected chi connectivity index (χ2v) is 14.3. The summed E-state index contributed by atoms with van der Waals surface area (Å²) in [4.78, 5) is 3.65. The number of thiophene rings is 1. The lowest BCUT2D eigenvalue weighted by Crippen LogP contribution is -2.59. The van der Waals surface area contributed by atoms with Crippen LogP contribution in [-0.2, 0) is 30.9 Å². The number of hydrogen-bond acceptors (Lipinski definition) is 6. The third kappa shape index (κ3) is 4.29. The van der Waals surface area contributed by atoms with E-state index in [2.05, 4.69) is 21.8 Å². The number of pyridine rings is 2. The van der Waals surface area contributed by atoms with Crippen LogP contribution < -0.4 is 15.0 Å². The predicted molar refractivity (Wildman–Crippen MR) is 152 cm³/mol. The molecular weight excluding hydrogens is 559 g/mol. The Morgan fingerprint density at radius 2 is 2.00 bits per heavy atom. The fourth-order valence-corrected chi connectivity index (χ4v) is 7.99.